The highest BCUT2D eigenvalue weighted by Gasteiger charge is 2.36. The van der Waals surface area contributed by atoms with Crippen molar-refractivity contribution in [3.63, 3.8) is 0 Å². The smallest absolute Gasteiger partial charge is 0.220 e. The number of carbonyl (C=O) groups excluding carboxylic acids is 1. The molecular formula is C18H24FNO2. The van der Waals surface area contributed by atoms with Crippen LogP contribution in [0.15, 0.2) is 24.3 Å². The zero-order valence-electron chi connectivity index (χ0n) is 12.9. The summed E-state index contributed by atoms with van der Waals surface area (Å²) in [6.45, 7) is 2.14. The van der Waals surface area contributed by atoms with Gasteiger partial charge in [-0.05, 0) is 42.9 Å². The molecule has 0 bridgehead atoms. The molecule has 1 heterocycles. The van der Waals surface area contributed by atoms with Gasteiger partial charge < -0.3 is 10.1 Å². The Kier molecular flexibility index (Phi) is 4.77. The van der Waals surface area contributed by atoms with Crippen LogP contribution >= 0.6 is 0 Å². The maximum Gasteiger partial charge on any atom is 0.220 e. The van der Waals surface area contributed by atoms with Crippen molar-refractivity contribution < 1.29 is 13.9 Å². The molecule has 1 aromatic carbocycles. The van der Waals surface area contributed by atoms with Gasteiger partial charge in [0.25, 0.3) is 0 Å². The van der Waals surface area contributed by atoms with Crippen LogP contribution in [-0.4, -0.2) is 25.7 Å². The normalized spacial score (nSPS) is 23.6. The number of ether oxygens (including phenoxy) is 1. The van der Waals surface area contributed by atoms with Crippen LogP contribution in [0.4, 0.5) is 4.39 Å². The Morgan fingerprint density at radius 1 is 1.27 bits per heavy atom. The summed E-state index contributed by atoms with van der Waals surface area (Å²) in [5, 5.41) is 3.12. The van der Waals surface area contributed by atoms with Gasteiger partial charge in [0.05, 0.1) is 0 Å². The van der Waals surface area contributed by atoms with Gasteiger partial charge in [0, 0.05) is 31.6 Å². The molecule has 1 aliphatic carbocycles. The lowest BCUT2D eigenvalue weighted by atomic mass is 9.78. The molecule has 1 atom stereocenters. The lowest BCUT2D eigenvalue weighted by Gasteiger charge is -2.30. The van der Waals surface area contributed by atoms with Crippen molar-refractivity contribution in [1.82, 2.24) is 5.32 Å². The molecule has 120 valence electrons. The third-order valence-corrected chi connectivity index (χ3v) is 5.14. The number of rotatable bonds is 5. The Balaban J connectivity index is 1.61. The van der Waals surface area contributed by atoms with E-state index in [4.69, 9.17) is 4.74 Å². The molecule has 0 spiro atoms. The summed E-state index contributed by atoms with van der Waals surface area (Å²) in [7, 11) is 0. The van der Waals surface area contributed by atoms with E-state index in [0.29, 0.717) is 25.5 Å². The van der Waals surface area contributed by atoms with Gasteiger partial charge in [0.15, 0.2) is 0 Å². The Morgan fingerprint density at radius 2 is 2.00 bits per heavy atom. The number of nitrogens with one attached hydrogen (secondary N) is 1. The minimum absolute atomic E-state index is 0.0183. The van der Waals surface area contributed by atoms with E-state index in [1.54, 1.807) is 0 Å². The van der Waals surface area contributed by atoms with Gasteiger partial charge in [-0.2, -0.15) is 0 Å². The SMILES string of the molecule is O=C(C[C@H]1CCOC1)NCC1(c2ccc(F)cc2)CCCC1. The van der Waals surface area contributed by atoms with Crippen molar-refractivity contribution in [2.24, 2.45) is 5.92 Å². The summed E-state index contributed by atoms with van der Waals surface area (Å²) in [6.07, 6.45) is 6.00. The van der Waals surface area contributed by atoms with Crippen molar-refractivity contribution in [3.8, 4) is 0 Å². The zero-order valence-corrected chi connectivity index (χ0v) is 12.9. The van der Waals surface area contributed by atoms with Gasteiger partial charge >= 0.3 is 0 Å². The molecule has 2 aliphatic rings. The van der Waals surface area contributed by atoms with Gasteiger partial charge in [-0.25, -0.2) is 4.39 Å². The average molecular weight is 305 g/mol. The Hall–Kier alpha value is -1.42. The molecule has 3 nitrogen and oxygen atoms in total. The molecule has 0 unspecified atom stereocenters. The van der Waals surface area contributed by atoms with E-state index >= 15 is 0 Å². The highest BCUT2D eigenvalue weighted by Crippen LogP contribution is 2.40. The van der Waals surface area contributed by atoms with E-state index < -0.39 is 0 Å². The number of carbonyl (C=O) groups is 1. The minimum atomic E-state index is -0.206. The van der Waals surface area contributed by atoms with Crippen LogP contribution in [0.25, 0.3) is 0 Å². The fourth-order valence-electron chi connectivity index (χ4n) is 3.77. The molecular weight excluding hydrogens is 281 g/mol. The van der Waals surface area contributed by atoms with Crippen LogP contribution in [0.5, 0.6) is 0 Å². The van der Waals surface area contributed by atoms with E-state index in [2.05, 4.69) is 5.32 Å². The second kappa shape index (κ2) is 6.78. The Bertz CT molecular complexity index is 502. The summed E-state index contributed by atoms with van der Waals surface area (Å²) in [6, 6.07) is 6.79. The first-order valence-corrected chi connectivity index (χ1v) is 8.28. The first kappa shape index (κ1) is 15.5. The van der Waals surface area contributed by atoms with Crippen molar-refractivity contribution in [2.45, 2.75) is 43.9 Å². The van der Waals surface area contributed by atoms with Crippen molar-refractivity contribution in [3.05, 3.63) is 35.6 Å². The standard InChI is InChI=1S/C18H24FNO2/c19-16-5-3-15(4-6-16)18(8-1-2-9-18)13-20-17(21)11-14-7-10-22-12-14/h3-6,14H,1-2,7-13H2,(H,20,21)/t14-/m1/s1. The van der Waals surface area contributed by atoms with E-state index in [9.17, 15) is 9.18 Å². The van der Waals surface area contributed by atoms with Gasteiger partial charge in [0.1, 0.15) is 5.82 Å². The van der Waals surface area contributed by atoms with Gasteiger partial charge in [-0.1, -0.05) is 25.0 Å². The highest BCUT2D eigenvalue weighted by molar-refractivity contribution is 5.76. The second-order valence-electron chi connectivity index (χ2n) is 6.70. The van der Waals surface area contributed by atoms with E-state index in [1.807, 2.05) is 12.1 Å². The largest absolute Gasteiger partial charge is 0.381 e. The molecule has 0 aromatic heterocycles. The molecule has 3 rings (SSSR count). The van der Waals surface area contributed by atoms with E-state index in [1.165, 1.54) is 25.0 Å². The molecule has 2 fully saturated rings. The van der Waals surface area contributed by atoms with Crippen molar-refractivity contribution in [1.29, 1.82) is 0 Å². The number of halogens is 1. The summed E-state index contributed by atoms with van der Waals surface area (Å²) in [5.41, 5.74) is 1.13. The number of amides is 1. The molecule has 0 radical (unpaired) electrons. The number of hydrogen-bond acceptors (Lipinski definition) is 2. The molecule has 1 aromatic rings. The summed E-state index contributed by atoms with van der Waals surface area (Å²) in [5.74, 6) is 0.274. The molecule has 22 heavy (non-hydrogen) atoms. The highest BCUT2D eigenvalue weighted by atomic mass is 19.1. The van der Waals surface area contributed by atoms with Gasteiger partial charge in [-0.15, -0.1) is 0 Å². The van der Waals surface area contributed by atoms with Gasteiger partial charge in [-0.3, -0.25) is 4.79 Å². The van der Waals surface area contributed by atoms with Gasteiger partial charge in [0.2, 0.25) is 5.91 Å². The van der Waals surface area contributed by atoms with E-state index in [-0.39, 0.29) is 17.1 Å². The molecule has 1 aliphatic heterocycles. The maximum absolute atomic E-state index is 13.2. The molecule has 1 saturated heterocycles. The van der Waals surface area contributed by atoms with Crippen LogP contribution in [0, 0.1) is 11.7 Å². The summed E-state index contributed by atoms with van der Waals surface area (Å²) in [4.78, 5) is 12.2. The van der Waals surface area contributed by atoms with E-state index in [0.717, 1.165) is 31.4 Å². The topological polar surface area (TPSA) is 38.3 Å². The third kappa shape index (κ3) is 3.49. The first-order chi connectivity index (χ1) is 10.7. The predicted octanol–water partition coefficient (Wildman–Crippen LogP) is 3.18. The monoisotopic (exact) mass is 305 g/mol. The summed E-state index contributed by atoms with van der Waals surface area (Å²) < 4.78 is 18.5. The van der Waals surface area contributed by atoms with Crippen molar-refractivity contribution >= 4 is 5.91 Å². The summed E-state index contributed by atoms with van der Waals surface area (Å²) >= 11 is 0. The number of hydrogen-bond donors (Lipinski definition) is 1. The quantitative estimate of drug-likeness (QED) is 0.907. The minimum Gasteiger partial charge on any atom is -0.381 e. The molecule has 4 heteroatoms. The lowest BCUT2D eigenvalue weighted by molar-refractivity contribution is -0.122. The van der Waals surface area contributed by atoms with Crippen LogP contribution in [0.1, 0.15) is 44.1 Å². The number of benzene rings is 1. The fraction of sp³-hybridized carbons (Fsp3) is 0.611. The molecule has 1 amide bonds. The zero-order chi connectivity index (χ0) is 15.4. The Labute approximate surface area is 131 Å². The predicted molar refractivity (Wildman–Crippen MR) is 83.1 cm³/mol. The van der Waals surface area contributed by atoms with Crippen molar-refractivity contribution in [2.75, 3.05) is 19.8 Å². The molecule has 1 saturated carbocycles. The fourth-order valence-corrected chi connectivity index (χ4v) is 3.77. The lowest BCUT2D eigenvalue weighted by Crippen LogP contribution is -2.39. The average Bonchev–Trinajstić information content (AvgIpc) is 3.18. The maximum atomic E-state index is 13.2. The Morgan fingerprint density at radius 3 is 2.64 bits per heavy atom. The molecule has 1 N–H and O–H groups in total. The second-order valence-corrected chi connectivity index (χ2v) is 6.70. The van der Waals surface area contributed by atoms with Crippen LogP contribution in [-0.2, 0) is 14.9 Å². The van der Waals surface area contributed by atoms with Crippen LogP contribution in [0.2, 0.25) is 0 Å². The third-order valence-electron chi connectivity index (χ3n) is 5.14. The van der Waals surface area contributed by atoms with Crippen LogP contribution in [0.3, 0.4) is 0 Å². The van der Waals surface area contributed by atoms with Crippen LogP contribution < -0.4 is 5.32 Å². The first-order valence-electron chi connectivity index (χ1n) is 8.28.